The van der Waals surface area contributed by atoms with E-state index in [1.165, 1.54) is 12.8 Å². The fourth-order valence-electron chi connectivity index (χ4n) is 3.16. The Balaban J connectivity index is 1.60. The molecule has 0 bridgehead atoms. The van der Waals surface area contributed by atoms with Gasteiger partial charge in [-0.2, -0.15) is 0 Å². The molecule has 0 radical (unpaired) electrons. The van der Waals surface area contributed by atoms with E-state index in [4.69, 9.17) is 20.9 Å². The molecule has 0 atom stereocenters. The van der Waals surface area contributed by atoms with Gasteiger partial charge in [-0.15, -0.1) is 0 Å². The largest absolute Gasteiger partial charge is 0.373 e. The Labute approximate surface area is 141 Å². The molecule has 2 heterocycles. The Morgan fingerprint density at radius 3 is 2.70 bits per heavy atom. The third-order valence-corrected chi connectivity index (χ3v) is 4.97. The number of aromatic nitrogens is 1. The minimum absolute atomic E-state index is 0.317. The van der Waals surface area contributed by atoms with E-state index in [0.29, 0.717) is 23.7 Å². The number of piperidine rings is 1. The van der Waals surface area contributed by atoms with Crippen molar-refractivity contribution >= 4 is 11.6 Å². The van der Waals surface area contributed by atoms with E-state index < -0.39 is 0 Å². The van der Waals surface area contributed by atoms with Crippen LogP contribution in [0.2, 0.25) is 5.02 Å². The SMILES string of the molecule is Clc1ccccc1-c1noc(C2CC2)c1COC1CCNCC1. The lowest BCUT2D eigenvalue weighted by atomic mass is 10.0. The number of nitrogens with one attached hydrogen (secondary N) is 1. The summed E-state index contributed by atoms with van der Waals surface area (Å²) in [5, 5.41) is 8.38. The molecule has 1 aromatic carbocycles. The predicted octanol–water partition coefficient (Wildman–Crippen LogP) is 4.14. The zero-order valence-electron chi connectivity index (χ0n) is 13.1. The molecule has 1 aliphatic heterocycles. The highest BCUT2D eigenvalue weighted by atomic mass is 35.5. The molecule has 2 fully saturated rings. The lowest BCUT2D eigenvalue weighted by Gasteiger charge is -2.23. The molecule has 1 N–H and O–H groups in total. The van der Waals surface area contributed by atoms with E-state index in [0.717, 1.165) is 48.5 Å². The van der Waals surface area contributed by atoms with Crippen molar-refractivity contribution in [1.82, 2.24) is 10.5 Å². The molecule has 0 spiro atoms. The van der Waals surface area contributed by atoms with Crippen LogP contribution in [0.3, 0.4) is 0 Å². The number of rotatable bonds is 5. The molecule has 2 aliphatic rings. The van der Waals surface area contributed by atoms with Gasteiger partial charge >= 0.3 is 0 Å². The number of halogens is 1. The van der Waals surface area contributed by atoms with Gasteiger partial charge in [0, 0.05) is 17.0 Å². The van der Waals surface area contributed by atoms with Gasteiger partial charge in [0.05, 0.1) is 17.7 Å². The van der Waals surface area contributed by atoms with Gasteiger partial charge in [0.25, 0.3) is 0 Å². The van der Waals surface area contributed by atoms with Crippen molar-refractivity contribution in [2.45, 2.75) is 44.3 Å². The Bertz CT molecular complexity index is 675. The highest BCUT2D eigenvalue weighted by Gasteiger charge is 2.33. The fraction of sp³-hybridized carbons (Fsp3) is 0.500. The molecule has 1 aromatic heterocycles. The monoisotopic (exact) mass is 332 g/mol. The van der Waals surface area contributed by atoms with Crippen LogP contribution in [0.5, 0.6) is 0 Å². The first-order valence-electron chi connectivity index (χ1n) is 8.38. The summed E-state index contributed by atoms with van der Waals surface area (Å²) < 4.78 is 11.8. The smallest absolute Gasteiger partial charge is 0.145 e. The van der Waals surface area contributed by atoms with Crippen LogP contribution < -0.4 is 5.32 Å². The molecule has 4 rings (SSSR count). The second kappa shape index (κ2) is 6.63. The molecule has 1 saturated carbocycles. The van der Waals surface area contributed by atoms with Gasteiger partial charge in [-0.05, 0) is 44.8 Å². The van der Waals surface area contributed by atoms with E-state index in [-0.39, 0.29) is 0 Å². The van der Waals surface area contributed by atoms with Gasteiger partial charge in [-0.25, -0.2) is 0 Å². The molecule has 1 saturated heterocycles. The summed E-state index contributed by atoms with van der Waals surface area (Å²) in [6, 6.07) is 7.79. The highest BCUT2D eigenvalue weighted by molar-refractivity contribution is 6.33. The second-order valence-electron chi connectivity index (χ2n) is 6.39. The number of benzene rings is 1. The van der Waals surface area contributed by atoms with E-state index in [1.807, 2.05) is 24.3 Å². The van der Waals surface area contributed by atoms with Gasteiger partial charge in [0.15, 0.2) is 0 Å². The summed E-state index contributed by atoms with van der Waals surface area (Å²) in [5.41, 5.74) is 2.85. The van der Waals surface area contributed by atoms with Crippen LogP contribution in [0, 0.1) is 0 Å². The van der Waals surface area contributed by atoms with Crippen molar-refractivity contribution in [2.24, 2.45) is 0 Å². The molecule has 0 unspecified atom stereocenters. The van der Waals surface area contributed by atoms with E-state index >= 15 is 0 Å². The zero-order valence-corrected chi connectivity index (χ0v) is 13.8. The number of hydrogen-bond acceptors (Lipinski definition) is 4. The summed E-state index contributed by atoms with van der Waals surface area (Å²) in [4.78, 5) is 0. The Kier molecular flexibility index (Phi) is 4.38. The third kappa shape index (κ3) is 3.30. The van der Waals surface area contributed by atoms with Gasteiger partial charge in [-0.1, -0.05) is 35.0 Å². The lowest BCUT2D eigenvalue weighted by Crippen LogP contribution is -2.32. The Hall–Kier alpha value is -1.36. The standard InChI is InChI=1S/C18H21ClN2O2/c19-16-4-2-1-3-14(16)17-15(18(23-21-17)12-5-6-12)11-22-13-7-9-20-10-8-13/h1-4,12-13,20H,5-11H2. The lowest BCUT2D eigenvalue weighted by molar-refractivity contribution is 0.0207. The van der Waals surface area contributed by atoms with Crippen molar-refractivity contribution in [1.29, 1.82) is 0 Å². The van der Waals surface area contributed by atoms with Gasteiger partial charge in [-0.3, -0.25) is 0 Å². The van der Waals surface area contributed by atoms with Crippen LogP contribution in [0.4, 0.5) is 0 Å². The van der Waals surface area contributed by atoms with Crippen molar-refractivity contribution in [3.05, 3.63) is 40.6 Å². The van der Waals surface area contributed by atoms with Crippen molar-refractivity contribution < 1.29 is 9.26 Å². The summed E-state index contributed by atoms with van der Waals surface area (Å²) in [7, 11) is 0. The molecule has 23 heavy (non-hydrogen) atoms. The van der Waals surface area contributed by atoms with Crippen LogP contribution in [0.25, 0.3) is 11.3 Å². The molecular weight excluding hydrogens is 312 g/mol. The molecule has 4 nitrogen and oxygen atoms in total. The quantitative estimate of drug-likeness (QED) is 0.893. The van der Waals surface area contributed by atoms with E-state index in [9.17, 15) is 0 Å². The van der Waals surface area contributed by atoms with Crippen molar-refractivity contribution in [3.8, 4) is 11.3 Å². The van der Waals surface area contributed by atoms with E-state index in [1.54, 1.807) is 0 Å². The van der Waals surface area contributed by atoms with Crippen LogP contribution in [0.1, 0.15) is 42.9 Å². The third-order valence-electron chi connectivity index (χ3n) is 4.65. The normalized spacial score (nSPS) is 19.2. The maximum Gasteiger partial charge on any atom is 0.145 e. The molecule has 122 valence electrons. The van der Waals surface area contributed by atoms with Gasteiger partial charge in [0.1, 0.15) is 11.5 Å². The van der Waals surface area contributed by atoms with Crippen LogP contribution >= 0.6 is 11.6 Å². The topological polar surface area (TPSA) is 47.3 Å². The highest BCUT2D eigenvalue weighted by Crippen LogP contribution is 2.45. The Morgan fingerprint density at radius 2 is 1.96 bits per heavy atom. The number of hydrogen-bond donors (Lipinski definition) is 1. The summed E-state index contributed by atoms with van der Waals surface area (Å²) in [6.45, 7) is 2.61. The summed E-state index contributed by atoms with van der Waals surface area (Å²) in [6.07, 6.45) is 4.80. The maximum atomic E-state index is 6.35. The first-order valence-corrected chi connectivity index (χ1v) is 8.76. The van der Waals surface area contributed by atoms with Crippen molar-refractivity contribution in [3.63, 3.8) is 0 Å². The van der Waals surface area contributed by atoms with E-state index in [2.05, 4.69) is 10.5 Å². The zero-order chi connectivity index (χ0) is 15.6. The number of ether oxygens (including phenoxy) is 1. The molecule has 0 amide bonds. The fourth-order valence-corrected chi connectivity index (χ4v) is 3.38. The Morgan fingerprint density at radius 1 is 1.17 bits per heavy atom. The van der Waals surface area contributed by atoms with Crippen LogP contribution in [0.15, 0.2) is 28.8 Å². The second-order valence-corrected chi connectivity index (χ2v) is 6.80. The first kappa shape index (κ1) is 15.2. The van der Waals surface area contributed by atoms with Crippen molar-refractivity contribution in [2.75, 3.05) is 13.1 Å². The molecule has 1 aliphatic carbocycles. The predicted molar refractivity (Wildman–Crippen MR) is 89.6 cm³/mol. The molecular formula is C18H21ClN2O2. The summed E-state index contributed by atoms with van der Waals surface area (Å²) >= 11 is 6.35. The summed E-state index contributed by atoms with van der Waals surface area (Å²) in [5.74, 6) is 1.50. The number of nitrogens with zero attached hydrogens (tertiary/aromatic N) is 1. The van der Waals surface area contributed by atoms with Gasteiger partial charge < -0.3 is 14.6 Å². The van der Waals surface area contributed by atoms with Gasteiger partial charge in [0.2, 0.25) is 0 Å². The minimum atomic E-state index is 0.317. The van der Waals surface area contributed by atoms with Crippen LogP contribution in [-0.4, -0.2) is 24.4 Å². The molecule has 5 heteroatoms. The van der Waals surface area contributed by atoms with Crippen LogP contribution in [-0.2, 0) is 11.3 Å². The average molecular weight is 333 g/mol. The average Bonchev–Trinajstić information content (AvgIpc) is 3.35. The molecule has 2 aromatic rings. The maximum absolute atomic E-state index is 6.35. The minimum Gasteiger partial charge on any atom is -0.373 e. The first-order chi connectivity index (χ1) is 11.3.